The van der Waals surface area contributed by atoms with Crippen molar-refractivity contribution in [3.05, 3.63) is 0 Å². The maximum Gasteiger partial charge on any atom is 0.306 e. The van der Waals surface area contributed by atoms with Crippen LogP contribution >= 0.6 is 0 Å². The molecule has 0 N–H and O–H groups in total. The molecule has 0 aliphatic rings. The van der Waals surface area contributed by atoms with E-state index >= 15 is 0 Å². The fourth-order valence-electron chi connectivity index (χ4n) is 7.12. The molecule has 0 heterocycles. The molecule has 0 spiro atoms. The molecule has 0 radical (unpaired) electrons. The SMILES string of the molecule is CCCCCCCCCCCCCCCCCC(=O)OC[C@H](COC(=O)CCCCCCCCC)OC(=O)CCCCCCCCCCCCC(C)CC. The van der Waals surface area contributed by atoms with Crippen molar-refractivity contribution in [1.82, 2.24) is 0 Å². The van der Waals surface area contributed by atoms with Crippen LogP contribution in [-0.2, 0) is 28.6 Å². The number of ether oxygens (including phenoxy) is 3. The van der Waals surface area contributed by atoms with E-state index in [1.54, 1.807) is 0 Å². The average molecular weight is 765 g/mol. The van der Waals surface area contributed by atoms with Crippen molar-refractivity contribution in [2.24, 2.45) is 5.92 Å². The molecule has 0 amide bonds. The lowest BCUT2D eigenvalue weighted by Gasteiger charge is -2.18. The first-order chi connectivity index (χ1) is 26.4. The van der Waals surface area contributed by atoms with Crippen LogP contribution in [0.4, 0.5) is 0 Å². The first kappa shape index (κ1) is 52.4. The Morgan fingerprint density at radius 1 is 0.370 bits per heavy atom. The van der Waals surface area contributed by atoms with Gasteiger partial charge in [0.1, 0.15) is 13.2 Å². The summed E-state index contributed by atoms with van der Waals surface area (Å²) in [6.07, 6.45) is 42.3. The van der Waals surface area contributed by atoms with Gasteiger partial charge in [-0.3, -0.25) is 14.4 Å². The Kier molecular flexibility index (Phi) is 41.3. The van der Waals surface area contributed by atoms with Gasteiger partial charge in [-0.1, -0.05) is 227 Å². The average Bonchev–Trinajstić information content (AvgIpc) is 3.17. The summed E-state index contributed by atoms with van der Waals surface area (Å²) in [5.74, 6) is 0.0104. The van der Waals surface area contributed by atoms with E-state index in [1.165, 1.54) is 161 Å². The van der Waals surface area contributed by atoms with E-state index in [0.29, 0.717) is 19.3 Å². The van der Waals surface area contributed by atoms with Crippen molar-refractivity contribution < 1.29 is 28.6 Å². The van der Waals surface area contributed by atoms with Gasteiger partial charge >= 0.3 is 17.9 Å². The minimum atomic E-state index is -0.759. The Labute approximate surface area is 336 Å². The zero-order chi connectivity index (χ0) is 39.6. The molecule has 6 heteroatoms. The van der Waals surface area contributed by atoms with Crippen molar-refractivity contribution in [2.45, 2.75) is 271 Å². The van der Waals surface area contributed by atoms with Crippen LogP contribution in [0.1, 0.15) is 265 Å². The molecule has 0 saturated heterocycles. The second-order valence-electron chi connectivity index (χ2n) is 16.6. The Balaban J connectivity index is 4.25. The van der Waals surface area contributed by atoms with E-state index in [9.17, 15) is 14.4 Å². The molecule has 54 heavy (non-hydrogen) atoms. The van der Waals surface area contributed by atoms with Gasteiger partial charge < -0.3 is 14.2 Å². The number of carbonyl (C=O) groups excluding carboxylic acids is 3. The summed E-state index contributed by atoms with van der Waals surface area (Å²) in [6, 6.07) is 0. The molecule has 0 aromatic carbocycles. The monoisotopic (exact) mass is 765 g/mol. The predicted molar refractivity (Wildman–Crippen MR) is 229 cm³/mol. The highest BCUT2D eigenvalue weighted by Gasteiger charge is 2.19. The zero-order valence-corrected chi connectivity index (χ0v) is 36.7. The first-order valence-electron chi connectivity index (χ1n) is 23.9. The van der Waals surface area contributed by atoms with Crippen molar-refractivity contribution in [1.29, 1.82) is 0 Å². The third-order valence-electron chi connectivity index (χ3n) is 11.2. The summed E-state index contributed by atoms with van der Waals surface area (Å²) in [5, 5.41) is 0. The lowest BCUT2D eigenvalue weighted by Crippen LogP contribution is -2.30. The molecular weight excluding hydrogens is 673 g/mol. The number of rotatable bonds is 43. The zero-order valence-electron chi connectivity index (χ0n) is 36.7. The standard InChI is InChI=1S/C48H92O6/c1-5-8-10-12-14-15-16-17-18-19-20-24-28-32-36-40-47(50)53-43-45(42-52-46(49)39-35-31-26-13-11-9-6-2)54-48(51)41-37-33-29-25-22-21-23-27-30-34-38-44(4)7-3/h44-45H,5-43H2,1-4H3/t44?,45-/m0/s1. The van der Waals surface area contributed by atoms with Gasteiger partial charge in [0, 0.05) is 19.3 Å². The smallest absolute Gasteiger partial charge is 0.306 e. The van der Waals surface area contributed by atoms with Crippen LogP contribution in [0, 0.1) is 5.92 Å². The molecule has 0 aliphatic heterocycles. The molecule has 2 atom stereocenters. The number of carbonyl (C=O) groups is 3. The molecule has 6 nitrogen and oxygen atoms in total. The molecule has 0 aromatic heterocycles. The Hall–Kier alpha value is -1.59. The highest BCUT2D eigenvalue weighted by atomic mass is 16.6. The second-order valence-corrected chi connectivity index (χ2v) is 16.6. The van der Waals surface area contributed by atoms with Gasteiger partial charge in [-0.2, -0.15) is 0 Å². The van der Waals surface area contributed by atoms with E-state index in [0.717, 1.165) is 63.7 Å². The van der Waals surface area contributed by atoms with Crippen LogP contribution in [0.15, 0.2) is 0 Å². The molecule has 0 aliphatic carbocycles. The Morgan fingerprint density at radius 2 is 0.648 bits per heavy atom. The van der Waals surface area contributed by atoms with Crippen molar-refractivity contribution in [2.75, 3.05) is 13.2 Å². The lowest BCUT2D eigenvalue weighted by molar-refractivity contribution is -0.167. The molecule has 0 bridgehead atoms. The molecule has 1 unspecified atom stereocenters. The van der Waals surface area contributed by atoms with E-state index < -0.39 is 6.10 Å². The summed E-state index contributed by atoms with van der Waals surface area (Å²) < 4.78 is 16.7. The van der Waals surface area contributed by atoms with Crippen LogP contribution in [0.2, 0.25) is 0 Å². The summed E-state index contributed by atoms with van der Waals surface area (Å²) in [5.41, 5.74) is 0. The highest BCUT2D eigenvalue weighted by molar-refractivity contribution is 5.71. The van der Waals surface area contributed by atoms with Crippen molar-refractivity contribution >= 4 is 17.9 Å². The maximum atomic E-state index is 12.7. The van der Waals surface area contributed by atoms with Gasteiger partial charge in [-0.25, -0.2) is 0 Å². The van der Waals surface area contributed by atoms with Crippen molar-refractivity contribution in [3.8, 4) is 0 Å². The van der Waals surface area contributed by atoms with E-state index in [-0.39, 0.29) is 31.1 Å². The number of hydrogen-bond donors (Lipinski definition) is 0. The molecule has 0 saturated carbocycles. The van der Waals surface area contributed by atoms with Crippen molar-refractivity contribution in [3.63, 3.8) is 0 Å². The van der Waals surface area contributed by atoms with Gasteiger partial charge in [0.2, 0.25) is 0 Å². The van der Waals surface area contributed by atoms with Gasteiger partial charge in [0.15, 0.2) is 6.10 Å². The molecule has 0 aromatic rings. The summed E-state index contributed by atoms with van der Waals surface area (Å²) in [4.78, 5) is 37.7. The van der Waals surface area contributed by atoms with Gasteiger partial charge in [0.25, 0.3) is 0 Å². The van der Waals surface area contributed by atoms with E-state index in [4.69, 9.17) is 14.2 Å². The van der Waals surface area contributed by atoms with Crippen LogP contribution < -0.4 is 0 Å². The minimum absolute atomic E-state index is 0.0638. The van der Waals surface area contributed by atoms with Gasteiger partial charge in [0.05, 0.1) is 0 Å². The highest BCUT2D eigenvalue weighted by Crippen LogP contribution is 2.17. The predicted octanol–water partition coefficient (Wildman–Crippen LogP) is 15.1. The summed E-state index contributed by atoms with van der Waals surface area (Å²) in [6.45, 7) is 8.99. The largest absolute Gasteiger partial charge is 0.462 e. The first-order valence-corrected chi connectivity index (χ1v) is 23.9. The number of esters is 3. The summed E-state index contributed by atoms with van der Waals surface area (Å²) >= 11 is 0. The normalized spacial score (nSPS) is 12.4. The Morgan fingerprint density at radius 3 is 0.963 bits per heavy atom. The third-order valence-corrected chi connectivity index (χ3v) is 11.2. The second kappa shape index (κ2) is 42.6. The molecule has 0 rings (SSSR count). The maximum absolute atomic E-state index is 12.7. The lowest BCUT2D eigenvalue weighted by atomic mass is 9.99. The van der Waals surface area contributed by atoms with Crippen LogP contribution in [0.3, 0.4) is 0 Å². The molecule has 320 valence electrons. The van der Waals surface area contributed by atoms with Gasteiger partial charge in [-0.05, 0) is 25.2 Å². The van der Waals surface area contributed by atoms with Gasteiger partial charge in [-0.15, -0.1) is 0 Å². The fourth-order valence-corrected chi connectivity index (χ4v) is 7.12. The minimum Gasteiger partial charge on any atom is -0.462 e. The van der Waals surface area contributed by atoms with E-state index in [2.05, 4.69) is 27.7 Å². The third kappa shape index (κ3) is 40.1. The van der Waals surface area contributed by atoms with Crippen LogP contribution in [0.25, 0.3) is 0 Å². The topological polar surface area (TPSA) is 78.9 Å². The quantitative estimate of drug-likeness (QED) is 0.0349. The van der Waals surface area contributed by atoms with E-state index in [1.807, 2.05) is 0 Å². The summed E-state index contributed by atoms with van der Waals surface area (Å²) in [7, 11) is 0. The molecule has 0 fully saturated rings. The Bertz CT molecular complexity index is 813. The fraction of sp³-hybridized carbons (Fsp3) is 0.938. The number of hydrogen-bond acceptors (Lipinski definition) is 6. The molecular formula is C48H92O6. The number of unbranched alkanes of at least 4 members (excludes halogenated alkanes) is 29. The van der Waals surface area contributed by atoms with Crippen LogP contribution in [0.5, 0.6) is 0 Å². The van der Waals surface area contributed by atoms with Crippen LogP contribution in [-0.4, -0.2) is 37.2 Å².